The third-order valence-corrected chi connectivity index (χ3v) is 5.84. The van der Waals surface area contributed by atoms with Crippen LogP contribution in [-0.2, 0) is 16.6 Å². The second-order valence-electron chi connectivity index (χ2n) is 5.72. The number of nitrogens with one attached hydrogen (secondary N) is 2. The van der Waals surface area contributed by atoms with Crippen LogP contribution < -0.4 is 10.0 Å². The van der Waals surface area contributed by atoms with Crippen LogP contribution in [0.5, 0.6) is 0 Å². The van der Waals surface area contributed by atoms with Crippen LogP contribution in [0.15, 0.2) is 48.5 Å². The number of halogens is 1. The number of benzene rings is 2. The maximum absolute atomic E-state index is 12.4. The van der Waals surface area contributed by atoms with E-state index in [1.807, 2.05) is 36.4 Å². The van der Waals surface area contributed by atoms with E-state index in [-0.39, 0.29) is 0 Å². The zero-order chi connectivity index (χ0) is 17.0. The van der Waals surface area contributed by atoms with Crippen LogP contribution in [0.4, 0.5) is 5.69 Å². The molecule has 2 aromatic rings. The summed E-state index contributed by atoms with van der Waals surface area (Å²) >= 11 is 6.34. The molecule has 0 amide bonds. The molecule has 128 valence electrons. The fourth-order valence-electron chi connectivity index (χ4n) is 2.67. The Hall–Kier alpha value is -1.60. The van der Waals surface area contributed by atoms with Crippen molar-refractivity contribution in [1.29, 1.82) is 0 Å². The number of nitrogens with zero attached hydrogens (tertiary/aromatic N) is 1. The summed E-state index contributed by atoms with van der Waals surface area (Å²) in [5, 5.41) is 3.69. The number of rotatable bonds is 5. The van der Waals surface area contributed by atoms with E-state index < -0.39 is 10.2 Å². The van der Waals surface area contributed by atoms with Crippen molar-refractivity contribution in [3.8, 4) is 0 Å². The summed E-state index contributed by atoms with van der Waals surface area (Å²) in [6.45, 7) is 2.26. The van der Waals surface area contributed by atoms with Crippen LogP contribution in [0.25, 0.3) is 0 Å². The largest absolute Gasteiger partial charge is 0.314 e. The van der Waals surface area contributed by atoms with Crippen LogP contribution in [0.3, 0.4) is 0 Å². The smallest absolute Gasteiger partial charge is 0.301 e. The molecule has 1 heterocycles. The molecule has 0 atom stereocenters. The molecule has 24 heavy (non-hydrogen) atoms. The molecule has 5 nitrogen and oxygen atoms in total. The van der Waals surface area contributed by atoms with E-state index in [4.69, 9.17) is 11.6 Å². The van der Waals surface area contributed by atoms with Crippen LogP contribution in [0, 0.1) is 0 Å². The fraction of sp³-hybridized carbons (Fsp3) is 0.294. The highest BCUT2D eigenvalue weighted by Gasteiger charge is 2.23. The predicted molar refractivity (Wildman–Crippen MR) is 97.7 cm³/mol. The van der Waals surface area contributed by atoms with Crippen molar-refractivity contribution < 1.29 is 8.42 Å². The van der Waals surface area contributed by atoms with Gasteiger partial charge in [-0.15, -0.1) is 0 Å². The van der Waals surface area contributed by atoms with Gasteiger partial charge in [0.2, 0.25) is 0 Å². The maximum atomic E-state index is 12.4. The molecule has 2 aromatic carbocycles. The summed E-state index contributed by atoms with van der Waals surface area (Å²) in [4.78, 5) is 0. The van der Waals surface area contributed by atoms with Gasteiger partial charge < -0.3 is 5.32 Å². The first-order valence-corrected chi connectivity index (χ1v) is 9.67. The summed E-state index contributed by atoms with van der Waals surface area (Å²) in [5.41, 5.74) is 2.61. The minimum Gasteiger partial charge on any atom is -0.314 e. The summed E-state index contributed by atoms with van der Waals surface area (Å²) < 4.78 is 28.8. The first-order chi connectivity index (χ1) is 11.5. The Labute approximate surface area is 147 Å². The van der Waals surface area contributed by atoms with Crippen molar-refractivity contribution >= 4 is 27.5 Å². The molecule has 7 heteroatoms. The van der Waals surface area contributed by atoms with Gasteiger partial charge in [0, 0.05) is 31.2 Å². The van der Waals surface area contributed by atoms with Gasteiger partial charge in [0.1, 0.15) is 0 Å². The van der Waals surface area contributed by atoms with Gasteiger partial charge in [0.15, 0.2) is 0 Å². The molecule has 1 aliphatic rings. The van der Waals surface area contributed by atoms with Gasteiger partial charge in [0.05, 0.1) is 5.69 Å². The van der Waals surface area contributed by atoms with E-state index >= 15 is 0 Å². The zero-order valence-corrected chi connectivity index (χ0v) is 14.8. The van der Waals surface area contributed by atoms with Crippen LogP contribution in [0.1, 0.15) is 11.1 Å². The predicted octanol–water partition coefficient (Wildman–Crippen LogP) is 2.49. The van der Waals surface area contributed by atoms with Gasteiger partial charge in [0.25, 0.3) is 0 Å². The van der Waals surface area contributed by atoms with E-state index in [2.05, 4.69) is 10.0 Å². The average molecular weight is 366 g/mol. The molecule has 1 fully saturated rings. The zero-order valence-electron chi connectivity index (χ0n) is 13.2. The van der Waals surface area contributed by atoms with E-state index in [0.29, 0.717) is 43.3 Å². The molecule has 1 saturated heterocycles. The Morgan fingerprint density at radius 3 is 2.46 bits per heavy atom. The molecular weight excluding hydrogens is 346 g/mol. The van der Waals surface area contributed by atoms with Crippen LogP contribution in [0.2, 0.25) is 5.02 Å². The van der Waals surface area contributed by atoms with Crippen molar-refractivity contribution in [3.05, 3.63) is 64.7 Å². The Kier molecular flexibility index (Phi) is 5.40. The molecule has 0 saturated carbocycles. The van der Waals surface area contributed by atoms with E-state index in [9.17, 15) is 8.42 Å². The molecule has 0 radical (unpaired) electrons. The number of hydrogen-bond acceptors (Lipinski definition) is 3. The molecule has 0 aliphatic carbocycles. The van der Waals surface area contributed by atoms with Gasteiger partial charge in [-0.1, -0.05) is 48.0 Å². The summed E-state index contributed by atoms with van der Waals surface area (Å²) in [6.07, 6.45) is 0.713. The lowest BCUT2D eigenvalue weighted by Crippen LogP contribution is -2.48. The van der Waals surface area contributed by atoms with Gasteiger partial charge in [-0.2, -0.15) is 12.7 Å². The Bertz CT molecular complexity index is 791. The number of piperazine rings is 1. The molecule has 0 aromatic heterocycles. The lowest BCUT2D eigenvalue weighted by Gasteiger charge is -2.27. The molecule has 0 spiro atoms. The molecule has 0 unspecified atom stereocenters. The lowest BCUT2D eigenvalue weighted by molar-refractivity contribution is 0.362. The van der Waals surface area contributed by atoms with Gasteiger partial charge in [-0.25, -0.2) is 0 Å². The minimum atomic E-state index is -3.54. The first-order valence-electron chi connectivity index (χ1n) is 7.85. The Morgan fingerprint density at radius 2 is 1.79 bits per heavy atom. The second-order valence-corrected chi connectivity index (χ2v) is 7.80. The van der Waals surface area contributed by atoms with E-state index in [1.165, 1.54) is 4.31 Å². The standard InChI is InChI=1S/C17H20ClN3O2S/c18-17-13-16(20-24(22,23)21-10-8-19-9-11-21)7-6-15(17)12-14-4-2-1-3-5-14/h1-7,13,19-20H,8-12H2. The molecule has 2 N–H and O–H groups in total. The minimum absolute atomic E-state index is 0.467. The molecule has 0 bridgehead atoms. The van der Waals surface area contributed by atoms with Crippen molar-refractivity contribution in [2.45, 2.75) is 6.42 Å². The van der Waals surface area contributed by atoms with Crippen molar-refractivity contribution in [2.75, 3.05) is 30.9 Å². The van der Waals surface area contributed by atoms with E-state index in [1.54, 1.807) is 12.1 Å². The fourth-order valence-corrected chi connectivity index (χ4v) is 4.13. The van der Waals surface area contributed by atoms with Crippen molar-refractivity contribution in [2.24, 2.45) is 0 Å². The summed E-state index contributed by atoms with van der Waals surface area (Å²) in [7, 11) is -3.54. The highest BCUT2D eigenvalue weighted by molar-refractivity contribution is 7.90. The molecule has 3 rings (SSSR count). The Balaban J connectivity index is 1.72. The lowest BCUT2D eigenvalue weighted by atomic mass is 10.0. The number of hydrogen-bond donors (Lipinski definition) is 2. The maximum Gasteiger partial charge on any atom is 0.301 e. The molecular formula is C17H20ClN3O2S. The topological polar surface area (TPSA) is 61.4 Å². The first kappa shape index (κ1) is 17.2. The summed E-state index contributed by atoms with van der Waals surface area (Å²) in [6, 6.07) is 15.3. The number of anilines is 1. The quantitative estimate of drug-likeness (QED) is 0.855. The van der Waals surface area contributed by atoms with Crippen LogP contribution in [-0.4, -0.2) is 38.9 Å². The third kappa shape index (κ3) is 4.27. The highest BCUT2D eigenvalue weighted by Crippen LogP contribution is 2.24. The van der Waals surface area contributed by atoms with Crippen molar-refractivity contribution in [3.63, 3.8) is 0 Å². The van der Waals surface area contributed by atoms with Gasteiger partial charge in [-0.05, 0) is 29.7 Å². The average Bonchev–Trinajstić information content (AvgIpc) is 2.59. The van der Waals surface area contributed by atoms with Crippen LogP contribution >= 0.6 is 11.6 Å². The highest BCUT2D eigenvalue weighted by atomic mass is 35.5. The third-order valence-electron chi connectivity index (χ3n) is 3.95. The van der Waals surface area contributed by atoms with Gasteiger partial charge in [-0.3, -0.25) is 4.72 Å². The van der Waals surface area contributed by atoms with Gasteiger partial charge >= 0.3 is 10.2 Å². The molecule has 1 aliphatic heterocycles. The second kappa shape index (κ2) is 7.53. The monoisotopic (exact) mass is 365 g/mol. The van der Waals surface area contributed by atoms with Crippen molar-refractivity contribution in [1.82, 2.24) is 9.62 Å². The normalized spacial score (nSPS) is 16.0. The van der Waals surface area contributed by atoms with E-state index in [0.717, 1.165) is 11.1 Å². The SMILES string of the molecule is O=S(=O)(Nc1ccc(Cc2ccccc2)c(Cl)c1)N1CCNCC1. The Morgan fingerprint density at radius 1 is 1.08 bits per heavy atom. The summed E-state index contributed by atoms with van der Waals surface area (Å²) in [5.74, 6) is 0.